The van der Waals surface area contributed by atoms with Gasteiger partial charge in [0.15, 0.2) is 6.10 Å². The number of methoxy groups -OCH3 is 1. The molecular weight excluding hydrogens is 366 g/mol. The minimum absolute atomic E-state index is 0.119. The van der Waals surface area contributed by atoms with Crippen LogP contribution in [-0.4, -0.2) is 34.6 Å². The van der Waals surface area contributed by atoms with Gasteiger partial charge in [-0.2, -0.15) is 0 Å². The fourth-order valence-electron chi connectivity index (χ4n) is 2.91. The van der Waals surface area contributed by atoms with Crippen molar-refractivity contribution in [2.45, 2.75) is 40.3 Å². The molecule has 150 valence electrons. The van der Waals surface area contributed by atoms with Crippen molar-refractivity contribution < 1.29 is 24.0 Å². The maximum Gasteiger partial charge on any atom is 0.340 e. The third kappa shape index (κ3) is 4.30. The number of anilines is 1. The highest BCUT2D eigenvalue weighted by Gasteiger charge is 2.23. The number of esters is 1. The average molecular weight is 389 g/mol. The molecule has 0 spiro atoms. The van der Waals surface area contributed by atoms with Crippen LogP contribution in [-0.2, 0) is 16.1 Å². The Bertz CT molecular complexity index is 919. The van der Waals surface area contributed by atoms with Gasteiger partial charge in [-0.15, -0.1) is 0 Å². The van der Waals surface area contributed by atoms with E-state index in [-0.39, 0.29) is 17.1 Å². The van der Waals surface area contributed by atoms with Crippen LogP contribution in [0.15, 0.2) is 24.3 Å². The van der Waals surface area contributed by atoms with Crippen molar-refractivity contribution in [3.05, 3.63) is 51.3 Å². The quantitative estimate of drug-likeness (QED) is 0.442. The predicted molar refractivity (Wildman–Crippen MR) is 103 cm³/mol. The molecule has 2 aromatic rings. The van der Waals surface area contributed by atoms with Crippen LogP contribution in [0.3, 0.4) is 0 Å². The third-order valence-corrected chi connectivity index (χ3v) is 4.41. The summed E-state index contributed by atoms with van der Waals surface area (Å²) in [6.07, 6.45) is -1.11. The van der Waals surface area contributed by atoms with Crippen molar-refractivity contribution in [1.82, 2.24) is 4.57 Å². The maximum absolute atomic E-state index is 12.5. The maximum atomic E-state index is 12.5. The van der Waals surface area contributed by atoms with E-state index in [0.717, 1.165) is 11.4 Å². The molecule has 0 radical (unpaired) electrons. The lowest BCUT2D eigenvalue weighted by atomic mass is 10.2. The van der Waals surface area contributed by atoms with E-state index < -0.39 is 22.9 Å². The van der Waals surface area contributed by atoms with Gasteiger partial charge in [0, 0.05) is 30.1 Å². The number of nitro groups is 1. The lowest BCUT2D eigenvalue weighted by Crippen LogP contribution is -2.30. The molecule has 9 nitrogen and oxygen atoms in total. The SMILES string of the molecule is CCn1c(C)cc(C(=O)O[C@@H](C)C(=O)Nc2cc([N+](=O)[O-])ccc2OC)c1C. The summed E-state index contributed by atoms with van der Waals surface area (Å²) >= 11 is 0. The van der Waals surface area contributed by atoms with Gasteiger partial charge in [-0.25, -0.2) is 4.79 Å². The number of hydrogen-bond donors (Lipinski definition) is 1. The monoisotopic (exact) mass is 389 g/mol. The van der Waals surface area contributed by atoms with E-state index in [1.54, 1.807) is 6.07 Å². The molecular formula is C19H23N3O6. The highest BCUT2D eigenvalue weighted by molar-refractivity contribution is 5.98. The van der Waals surface area contributed by atoms with Crippen molar-refractivity contribution in [3.8, 4) is 5.75 Å². The van der Waals surface area contributed by atoms with E-state index in [4.69, 9.17) is 9.47 Å². The standard InChI is InChI=1S/C19H23N3O6/c1-6-21-11(2)9-15(12(21)3)19(24)28-13(4)18(23)20-16-10-14(22(25)26)7-8-17(16)27-5/h7-10,13H,6H2,1-5H3,(H,20,23)/t13-/m0/s1. The second kappa shape index (κ2) is 8.55. The molecule has 2 rings (SSSR count). The molecule has 0 aliphatic rings. The summed E-state index contributed by atoms with van der Waals surface area (Å²) in [5.74, 6) is -0.984. The van der Waals surface area contributed by atoms with Crippen LogP contribution < -0.4 is 10.1 Å². The predicted octanol–water partition coefficient (Wildman–Crippen LogP) is 3.23. The summed E-state index contributed by atoms with van der Waals surface area (Å²) < 4.78 is 12.4. The van der Waals surface area contributed by atoms with Gasteiger partial charge in [-0.05, 0) is 39.8 Å². The zero-order valence-corrected chi connectivity index (χ0v) is 16.4. The van der Waals surface area contributed by atoms with Crippen LogP contribution in [0.4, 0.5) is 11.4 Å². The number of hydrogen-bond acceptors (Lipinski definition) is 6. The summed E-state index contributed by atoms with van der Waals surface area (Å²) in [7, 11) is 1.38. The Kier molecular flexibility index (Phi) is 6.40. The molecule has 28 heavy (non-hydrogen) atoms. The lowest BCUT2D eigenvalue weighted by molar-refractivity contribution is -0.384. The van der Waals surface area contributed by atoms with Crippen LogP contribution in [0, 0.1) is 24.0 Å². The van der Waals surface area contributed by atoms with Crippen molar-refractivity contribution in [2.75, 3.05) is 12.4 Å². The van der Waals surface area contributed by atoms with Gasteiger partial charge in [0.25, 0.3) is 11.6 Å². The van der Waals surface area contributed by atoms with Crippen molar-refractivity contribution >= 4 is 23.3 Å². The molecule has 1 aromatic carbocycles. The number of non-ortho nitro benzene ring substituents is 1. The van der Waals surface area contributed by atoms with Gasteiger partial charge >= 0.3 is 5.97 Å². The number of benzene rings is 1. The zero-order valence-electron chi connectivity index (χ0n) is 16.4. The first-order valence-electron chi connectivity index (χ1n) is 8.70. The summed E-state index contributed by atoms with van der Waals surface area (Å²) in [6.45, 7) is 7.81. The Hall–Kier alpha value is -3.36. The number of carbonyl (C=O) groups excluding carboxylic acids is 2. The van der Waals surface area contributed by atoms with Crippen LogP contribution in [0.2, 0.25) is 0 Å². The molecule has 1 N–H and O–H groups in total. The average Bonchev–Trinajstić information content (AvgIpc) is 2.94. The first-order chi connectivity index (χ1) is 13.2. The molecule has 1 heterocycles. The molecule has 0 aliphatic carbocycles. The molecule has 0 aliphatic heterocycles. The number of nitrogens with one attached hydrogen (secondary N) is 1. The molecule has 0 fully saturated rings. The summed E-state index contributed by atoms with van der Waals surface area (Å²) in [5, 5.41) is 13.4. The highest BCUT2D eigenvalue weighted by Crippen LogP contribution is 2.29. The second-order valence-electron chi connectivity index (χ2n) is 6.21. The van der Waals surface area contributed by atoms with Gasteiger partial charge in [0.1, 0.15) is 5.75 Å². The normalized spacial score (nSPS) is 11.6. The van der Waals surface area contributed by atoms with Crippen molar-refractivity contribution in [1.29, 1.82) is 0 Å². The fraction of sp³-hybridized carbons (Fsp3) is 0.368. The van der Waals surface area contributed by atoms with E-state index in [2.05, 4.69) is 5.32 Å². The van der Waals surface area contributed by atoms with E-state index in [1.165, 1.54) is 32.2 Å². The summed E-state index contributed by atoms with van der Waals surface area (Å²) in [6, 6.07) is 5.54. The van der Waals surface area contributed by atoms with Gasteiger partial charge in [0.05, 0.1) is 23.3 Å². The minimum Gasteiger partial charge on any atom is -0.495 e. The third-order valence-electron chi connectivity index (χ3n) is 4.41. The Balaban J connectivity index is 2.14. The van der Waals surface area contributed by atoms with Gasteiger partial charge in [0.2, 0.25) is 0 Å². The van der Waals surface area contributed by atoms with Crippen LogP contribution in [0.1, 0.15) is 35.6 Å². The lowest BCUT2D eigenvalue weighted by Gasteiger charge is -2.15. The Morgan fingerprint density at radius 2 is 1.96 bits per heavy atom. The van der Waals surface area contributed by atoms with Crippen molar-refractivity contribution in [2.24, 2.45) is 0 Å². The van der Waals surface area contributed by atoms with Gasteiger partial charge in [-0.3, -0.25) is 14.9 Å². The topological polar surface area (TPSA) is 113 Å². The van der Waals surface area contributed by atoms with Crippen LogP contribution in [0.5, 0.6) is 5.75 Å². The zero-order chi connectivity index (χ0) is 21.0. The van der Waals surface area contributed by atoms with Gasteiger partial charge < -0.3 is 19.4 Å². The molecule has 1 aromatic heterocycles. The molecule has 1 amide bonds. The minimum atomic E-state index is -1.11. The number of nitrogens with zero attached hydrogens (tertiary/aromatic N) is 2. The van der Waals surface area contributed by atoms with Gasteiger partial charge in [-0.1, -0.05) is 0 Å². The molecule has 0 saturated carbocycles. The number of carbonyl (C=O) groups is 2. The summed E-state index contributed by atoms with van der Waals surface area (Å²) in [5.41, 5.74) is 2.00. The number of amides is 1. The number of nitro benzene ring substituents is 1. The molecule has 0 unspecified atom stereocenters. The fourth-order valence-corrected chi connectivity index (χ4v) is 2.91. The number of aromatic nitrogens is 1. The largest absolute Gasteiger partial charge is 0.495 e. The molecule has 0 saturated heterocycles. The highest BCUT2D eigenvalue weighted by atomic mass is 16.6. The molecule has 1 atom stereocenters. The van der Waals surface area contributed by atoms with Crippen LogP contribution >= 0.6 is 0 Å². The Morgan fingerprint density at radius 3 is 2.50 bits per heavy atom. The molecule has 9 heteroatoms. The first kappa shape index (κ1) is 20.9. The van der Waals surface area contributed by atoms with E-state index in [0.29, 0.717) is 12.1 Å². The van der Waals surface area contributed by atoms with E-state index >= 15 is 0 Å². The van der Waals surface area contributed by atoms with Crippen LogP contribution in [0.25, 0.3) is 0 Å². The van der Waals surface area contributed by atoms with E-state index in [1.807, 2.05) is 25.3 Å². The first-order valence-corrected chi connectivity index (χ1v) is 8.70. The number of rotatable bonds is 7. The second-order valence-corrected chi connectivity index (χ2v) is 6.21. The smallest absolute Gasteiger partial charge is 0.340 e. The Labute approximate surface area is 162 Å². The number of aryl methyl sites for hydroxylation is 1. The number of ether oxygens (including phenoxy) is 2. The Morgan fingerprint density at radius 1 is 1.29 bits per heavy atom. The molecule has 0 bridgehead atoms. The van der Waals surface area contributed by atoms with E-state index in [9.17, 15) is 19.7 Å². The van der Waals surface area contributed by atoms with Crippen molar-refractivity contribution in [3.63, 3.8) is 0 Å². The summed E-state index contributed by atoms with van der Waals surface area (Å²) in [4.78, 5) is 35.2.